The summed E-state index contributed by atoms with van der Waals surface area (Å²) in [5, 5.41) is 0. The lowest BCUT2D eigenvalue weighted by Crippen LogP contribution is -2.09. The zero-order valence-corrected chi connectivity index (χ0v) is 9.06. The summed E-state index contributed by atoms with van der Waals surface area (Å²) in [5.41, 5.74) is 2.20. The molecule has 3 heteroatoms. The summed E-state index contributed by atoms with van der Waals surface area (Å²) in [6.45, 7) is 0.554. The Kier molecular flexibility index (Phi) is 2.62. The largest absolute Gasteiger partial charge is 0.465 e. The fraction of sp³-hybridized carbons (Fsp3) is 0.417. The highest BCUT2D eigenvalue weighted by Crippen LogP contribution is 2.27. The van der Waals surface area contributed by atoms with Gasteiger partial charge in [-0.1, -0.05) is 12.1 Å². The number of hydrogen-bond donors (Lipinski definition) is 0. The first-order valence-corrected chi connectivity index (χ1v) is 5.12. The lowest BCUT2D eigenvalue weighted by molar-refractivity contribution is -0.139. The molecule has 0 N–H and O–H groups in total. The monoisotopic (exact) mass is 205 g/mol. The Morgan fingerprint density at radius 3 is 2.40 bits per heavy atom. The Balaban J connectivity index is 2.19. The molecular formula is C12H15NO2. The van der Waals surface area contributed by atoms with E-state index >= 15 is 0 Å². The third-order valence-electron chi connectivity index (χ3n) is 2.75. The van der Waals surface area contributed by atoms with Crippen molar-refractivity contribution >= 4 is 11.7 Å². The van der Waals surface area contributed by atoms with E-state index in [0.29, 0.717) is 6.61 Å². The van der Waals surface area contributed by atoms with Gasteiger partial charge in [-0.3, -0.25) is 4.79 Å². The number of cyclic esters (lactones) is 1. The minimum absolute atomic E-state index is 0.0544. The molecule has 80 valence electrons. The molecule has 1 aromatic rings. The molecule has 1 heterocycles. The van der Waals surface area contributed by atoms with E-state index in [1.54, 1.807) is 0 Å². The molecular weight excluding hydrogens is 190 g/mol. The van der Waals surface area contributed by atoms with Crippen molar-refractivity contribution < 1.29 is 9.53 Å². The maximum absolute atomic E-state index is 11.4. The Morgan fingerprint density at radius 1 is 1.27 bits per heavy atom. The van der Waals surface area contributed by atoms with Crippen LogP contribution in [-0.2, 0) is 9.53 Å². The number of carbonyl (C=O) groups is 1. The van der Waals surface area contributed by atoms with Crippen molar-refractivity contribution in [1.82, 2.24) is 0 Å². The molecule has 1 aliphatic heterocycles. The number of ether oxygens (including phenoxy) is 1. The van der Waals surface area contributed by atoms with E-state index in [4.69, 9.17) is 4.74 Å². The Labute approximate surface area is 89.7 Å². The summed E-state index contributed by atoms with van der Waals surface area (Å²) in [6, 6.07) is 8.07. The van der Waals surface area contributed by atoms with Gasteiger partial charge in [-0.05, 0) is 24.1 Å². The van der Waals surface area contributed by atoms with Gasteiger partial charge in [0.05, 0.1) is 12.5 Å². The van der Waals surface area contributed by atoms with Gasteiger partial charge in [0.1, 0.15) is 0 Å². The van der Waals surface area contributed by atoms with Crippen molar-refractivity contribution in [1.29, 1.82) is 0 Å². The van der Waals surface area contributed by atoms with Crippen molar-refractivity contribution in [2.45, 2.75) is 12.3 Å². The second-order valence-electron chi connectivity index (χ2n) is 3.99. The SMILES string of the molecule is CN(C)c1ccc(C2CCOC2=O)cc1. The zero-order valence-electron chi connectivity index (χ0n) is 9.06. The minimum atomic E-state index is -0.0902. The van der Waals surface area contributed by atoms with Crippen molar-refractivity contribution in [3.63, 3.8) is 0 Å². The maximum Gasteiger partial charge on any atom is 0.313 e. The number of anilines is 1. The van der Waals surface area contributed by atoms with E-state index < -0.39 is 0 Å². The van der Waals surface area contributed by atoms with Crippen LogP contribution in [-0.4, -0.2) is 26.7 Å². The quantitative estimate of drug-likeness (QED) is 0.689. The normalized spacial score (nSPS) is 20.1. The van der Waals surface area contributed by atoms with Crippen molar-refractivity contribution in [3.8, 4) is 0 Å². The summed E-state index contributed by atoms with van der Waals surface area (Å²) in [6.07, 6.45) is 0.806. The van der Waals surface area contributed by atoms with Crippen LogP contribution in [0.3, 0.4) is 0 Å². The Bertz CT molecular complexity index is 356. The second kappa shape index (κ2) is 3.93. The number of esters is 1. The first-order valence-electron chi connectivity index (χ1n) is 5.12. The minimum Gasteiger partial charge on any atom is -0.465 e. The highest BCUT2D eigenvalue weighted by molar-refractivity contribution is 5.80. The molecule has 1 aliphatic rings. The first-order chi connectivity index (χ1) is 7.18. The molecule has 1 fully saturated rings. The predicted molar refractivity (Wildman–Crippen MR) is 59.1 cm³/mol. The lowest BCUT2D eigenvalue weighted by Gasteiger charge is -2.13. The van der Waals surface area contributed by atoms with Gasteiger partial charge in [-0.15, -0.1) is 0 Å². The summed E-state index contributed by atoms with van der Waals surface area (Å²) < 4.78 is 4.95. The predicted octanol–water partition coefficient (Wildman–Crippen LogP) is 1.78. The molecule has 0 aliphatic carbocycles. The van der Waals surface area contributed by atoms with Crippen molar-refractivity contribution in [2.24, 2.45) is 0 Å². The molecule has 0 bridgehead atoms. The molecule has 1 atom stereocenters. The molecule has 1 aromatic carbocycles. The van der Waals surface area contributed by atoms with Crippen LogP contribution in [0.2, 0.25) is 0 Å². The summed E-state index contributed by atoms with van der Waals surface area (Å²) in [5.74, 6) is -0.145. The number of hydrogen-bond acceptors (Lipinski definition) is 3. The Morgan fingerprint density at radius 2 is 1.93 bits per heavy atom. The van der Waals surface area contributed by atoms with E-state index in [9.17, 15) is 4.79 Å². The molecule has 0 amide bonds. The molecule has 15 heavy (non-hydrogen) atoms. The molecule has 0 saturated carbocycles. The van der Waals surface area contributed by atoms with Gasteiger partial charge in [-0.2, -0.15) is 0 Å². The van der Waals surface area contributed by atoms with E-state index in [1.807, 2.05) is 43.3 Å². The molecule has 3 nitrogen and oxygen atoms in total. The maximum atomic E-state index is 11.4. The van der Waals surface area contributed by atoms with Crippen LogP contribution in [0, 0.1) is 0 Å². The van der Waals surface area contributed by atoms with Gasteiger partial charge >= 0.3 is 5.97 Å². The van der Waals surface area contributed by atoms with E-state index in [1.165, 1.54) is 0 Å². The standard InChI is InChI=1S/C12H15NO2/c1-13(2)10-5-3-9(4-6-10)11-7-8-15-12(11)14/h3-6,11H,7-8H2,1-2H3. The van der Waals surface area contributed by atoms with Crippen molar-refractivity contribution in [2.75, 3.05) is 25.6 Å². The third kappa shape index (κ3) is 1.96. The number of carbonyl (C=O) groups excluding carboxylic acids is 1. The number of benzene rings is 1. The molecule has 0 aromatic heterocycles. The van der Waals surface area contributed by atoms with Crippen LogP contribution in [0.5, 0.6) is 0 Å². The lowest BCUT2D eigenvalue weighted by atomic mass is 9.98. The van der Waals surface area contributed by atoms with Gasteiger partial charge < -0.3 is 9.64 Å². The summed E-state index contributed by atoms with van der Waals surface area (Å²) in [4.78, 5) is 13.4. The van der Waals surface area contributed by atoms with Crippen LogP contribution in [0.1, 0.15) is 17.9 Å². The average Bonchev–Trinajstić information content (AvgIpc) is 2.65. The van der Waals surface area contributed by atoms with Crippen LogP contribution in [0.25, 0.3) is 0 Å². The molecule has 2 rings (SSSR count). The van der Waals surface area contributed by atoms with Crippen LogP contribution in [0.4, 0.5) is 5.69 Å². The third-order valence-corrected chi connectivity index (χ3v) is 2.75. The van der Waals surface area contributed by atoms with Gasteiger partial charge in [0.25, 0.3) is 0 Å². The fourth-order valence-electron chi connectivity index (χ4n) is 1.80. The molecule has 0 spiro atoms. The highest BCUT2D eigenvalue weighted by Gasteiger charge is 2.27. The first kappa shape index (κ1) is 10.0. The average molecular weight is 205 g/mol. The van der Waals surface area contributed by atoms with Gasteiger partial charge in [0, 0.05) is 19.8 Å². The van der Waals surface area contributed by atoms with E-state index in [0.717, 1.165) is 17.7 Å². The highest BCUT2D eigenvalue weighted by atomic mass is 16.5. The fourth-order valence-corrected chi connectivity index (χ4v) is 1.80. The summed E-state index contributed by atoms with van der Waals surface area (Å²) >= 11 is 0. The Hall–Kier alpha value is -1.51. The van der Waals surface area contributed by atoms with Crippen LogP contribution in [0.15, 0.2) is 24.3 Å². The van der Waals surface area contributed by atoms with Gasteiger partial charge in [-0.25, -0.2) is 0 Å². The summed E-state index contributed by atoms with van der Waals surface area (Å²) in [7, 11) is 4.00. The molecule has 1 saturated heterocycles. The van der Waals surface area contributed by atoms with Gasteiger partial charge in [0.15, 0.2) is 0 Å². The number of rotatable bonds is 2. The molecule has 1 unspecified atom stereocenters. The molecule has 0 radical (unpaired) electrons. The van der Waals surface area contributed by atoms with Crippen LogP contribution < -0.4 is 4.90 Å². The second-order valence-corrected chi connectivity index (χ2v) is 3.99. The zero-order chi connectivity index (χ0) is 10.8. The van der Waals surface area contributed by atoms with E-state index in [2.05, 4.69) is 0 Å². The smallest absolute Gasteiger partial charge is 0.313 e. The topological polar surface area (TPSA) is 29.5 Å². The van der Waals surface area contributed by atoms with Crippen LogP contribution >= 0.6 is 0 Å². The van der Waals surface area contributed by atoms with Crippen molar-refractivity contribution in [3.05, 3.63) is 29.8 Å². The number of nitrogens with zero attached hydrogens (tertiary/aromatic N) is 1. The van der Waals surface area contributed by atoms with Gasteiger partial charge in [0.2, 0.25) is 0 Å². The van der Waals surface area contributed by atoms with E-state index in [-0.39, 0.29) is 11.9 Å².